The van der Waals surface area contributed by atoms with Gasteiger partial charge in [0.1, 0.15) is 5.75 Å². The number of ether oxygens (including phenoxy) is 1. The lowest BCUT2D eigenvalue weighted by Gasteiger charge is -2.08. The summed E-state index contributed by atoms with van der Waals surface area (Å²) in [6.07, 6.45) is 9.26. The van der Waals surface area contributed by atoms with Crippen molar-refractivity contribution < 1.29 is 4.74 Å². The summed E-state index contributed by atoms with van der Waals surface area (Å²) in [6.45, 7) is 5.17. The fraction of sp³-hybridized carbons (Fsp3) is 0.625. The summed E-state index contributed by atoms with van der Waals surface area (Å²) in [5, 5.41) is 0. The highest BCUT2D eigenvalue weighted by Crippen LogP contribution is 2.25. The molecule has 0 fully saturated rings. The predicted molar refractivity (Wildman–Crippen MR) is 82.4 cm³/mol. The number of hydrogen-bond donors (Lipinski definition) is 0. The van der Waals surface area contributed by atoms with Gasteiger partial charge in [-0.05, 0) is 47.0 Å². The summed E-state index contributed by atoms with van der Waals surface area (Å²) in [5.41, 5.74) is 1.25. The van der Waals surface area contributed by atoms with E-state index in [-0.39, 0.29) is 0 Å². The molecule has 0 heterocycles. The van der Waals surface area contributed by atoms with E-state index in [9.17, 15) is 0 Å². The van der Waals surface area contributed by atoms with E-state index >= 15 is 0 Å². The van der Waals surface area contributed by atoms with E-state index in [2.05, 4.69) is 41.9 Å². The Labute approximate surface area is 120 Å². The molecule has 2 heteroatoms. The number of rotatable bonds is 9. The van der Waals surface area contributed by atoms with Gasteiger partial charge >= 0.3 is 0 Å². The quantitative estimate of drug-likeness (QED) is 0.517. The Bertz CT molecular complexity index is 336. The third kappa shape index (κ3) is 6.44. The lowest BCUT2D eigenvalue weighted by molar-refractivity contribution is 0.302. The highest BCUT2D eigenvalue weighted by molar-refractivity contribution is 9.10. The van der Waals surface area contributed by atoms with E-state index in [1.807, 2.05) is 6.07 Å². The minimum Gasteiger partial charge on any atom is -0.492 e. The van der Waals surface area contributed by atoms with Crippen LogP contribution < -0.4 is 4.74 Å². The molecule has 1 rings (SSSR count). The van der Waals surface area contributed by atoms with Gasteiger partial charge in [0, 0.05) is 0 Å². The average molecular weight is 313 g/mol. The Balaban J connectivity index is 2.07. The Morgan fingerprint density at radius 3 is 2.33 bits per heavy atom. The van der Waals surface area contributed by atoms with E-state index in [4.69, 9.17) is 4.74 Å². The second kappa shape index (κ2) is 9.43. The van der Waals surface area contributed by atoms with Crippen molar-refractivity contribution in [1.29, 1.82) is 0 Å². The molecule has 0 aliphatic rings. The van der Waals surface area contributed by atoms with Crippen molar-refractivity contribution >= 4 is 15.9 Å². The van der Waals surface area contributed by atoms with Gasteiger partial charge in [-0.2, -0.15) is 0 Å². The predicted octanol–water partition coefficient (Wildman–Crippen LogP) is 5.89. The minimum absolute atomic E-state index is 0.829. The van der Waals surface area contributed by atoms with Gasteiger partial charge < -0.3 is 4.74 Å². The lowest BCUT2D eigenvalue weighted by Crippen LogP contribution is -1.98. The van der Waals surface area contributed by atoms with Gasteiger partial charge in [0.05, 0.1) is 11.1 Å². The first-order chi connectivity index (χ1) is 8.74. The number of hydrogen-bond acceptors (Lipinski definition) is 1. The summed E-state index contributed by atoms with van der Waals surface area (Å²) in [7, 11) is 0. The Morgan fingerprint density at radius 2 is 1.67 bits per heavy atom. The summed E-state index contributed by atoms with van der Waals surface area (Å²) in [5.74, 6) is 0.964. The molecule has 1 aromatic carbocycles. The molecule has 102 valence electrons. The molecule has 0 saturated carbocycles. The fourth-order valence-electron chi connectivity index (χ4n) is 1.96. The Hall–Kier alpha value is -0.500. The molecule has 0 amide bonds. The van der Waals surface area contributed by atoms with Gasteiger partial charge in [-0.25, -0.2) is 0 Å². The van der Waals surface area contributed by atoms with Crippen LogP contribution in [0.1, 0.15) is 57.4 Å². The van der Waals surface area contributed by atoms with Gasteiger partial charge in [-0.1, -0.05) is 51.5 Å². The van der Waals surface area contributed by atoms with Crippen LogP contribution in [0.15, 0.2) is 22.7 Å². The van der Waals surface area contributed by atoms with E-state index < -0.39 is 0 Å². The van der Waals surface area contributed by atoms with Gasteiger partial charge in [-0.15, -0.1) is 0 Å². The van der Waals surface area contributed by atoms with Gasteiger partial charge in [0.25, 0.3) is 0 Å². The molecular weight excluding hydrogens is 288 g/mol. The van der Waals surface area contributed by atoms with E-state index in [0.717, 1.165) is 23.2 Å². The zero-order valence-electron chi connectivity index (χ0n) is 11.7. The van der Waals surface area contributed by atoms with Crippen molar-refractivity contribution in [2.45, 2.75) is 58.8 Å². The Morgan fingerprint density at radius 1 is 1.00 bits per heavy atom. The van der Waals surface area contributed by atoms with Crippen LogP contribution in [-0.2, 0) is 0 Å². The van der Waals surface area contributed by atoms with Gasteiger partial charge in [0.2, 0.25) is 0 Å². The second-order valence-electron chi connectivity index (χ2n) is 4.90. The highest BCUT2D eigenvalue weighted by Gasteiger charge is 2.00. The number of halogens is 1. The first kappa shape index (κ1) is 15.6. The van der Waals surface area contributed by atoms with Crippen molar-refractivity contribution in [2.75, 3.05) is 6.61 Å². The zero-order valence-corrected chi connectivity index (χ0v) is 13.3. The first-order valence-corrected chi connectivity index (χ1v) is 7.92. The third-order valence-electron chi connectivity index (χ3n) is 3.09. The molecule has 0 atom stereocenters. The van der Waals surface area contributed by atoms with Crippen molar-refractivity contribution in [3.05, 3.63) is 28.2 Å². The highest BCUT2D eigenvalue weighted by atomic mass is 79.9. The zero-order chi connectivity index (χ0) is 13.2. The monoisotopic (exact) mass is 312 g/mol. The summed E-state index contributed by atoms with van der Waals surface area (Å²) < 4.78 is 6.83. The number of benzene rings is 1. The maximum atomic E-state index is 5.77. The van der Waals surface area contributed by atoms with Crippen molar-refractivity contribution in [3.63, 3.8) is 0 Å². The second-order valence-corrected chi connectivity index (χ2v) is 5.76. The fourth-order valence-corrected chi connectivity index (χ4v) is 2.57. The maximum absolute atomic E-state index is 5.77. The number of aryl methyl sites for hydroxylation is 1. The molecule has 0 aliphatic carbocycles. The molecular formula is C16H25BrO. The van der Waals surface area contributed by atoms with Crippen LogP contribution in [0.3, 0.4) is 0 Å². The van der Waals surface area contributed by atoms with Crippen molar-refractivity contribution in [3.8, 4) is 5.75 Å². The minimum atomic E-state index is 0.829. The molecule has 0 bridgehead atoms. The first-order valence-electron chi connectivity index (χ1n) is 7.13. The Kier molecular flexibility index (Phi) is 8.15. The molecule has 0 N–H and O–H groups in total. The molecule has 0 aliphatic heterocycles. The topological polar surface area (TPSA) is 9.23 Å². The smallest absolute Gasteiger partial charge is 0.133 e. The summed E-state index contributed by atoms with van der Waals surface area (Å²) >= 11 is 3.53. The van der Waals surface area contributed by atoms with Crippen LogP contribution in [0, 0.1) is 6.92 Å². The van der Waals surface area contributed by atoms with Gasteiger partial charge in [0.15, 0.2) is 0 Å². The molecule has 18 heavy (non-hydrogen) atoms. The molecule has 0 unspecified atom stereocenters. The van der Waals surface area contributed by atoms with Crippen LogP contribution in [0.2, 0.25) is 0 Å². The largest absolute Gasteiger partial charge is 0.492 e. The van der Waals surface area contributed by atoms with Crippen LogP contribution in [-0.4, -0.2) is 6.61 Å². The molecule has 0 radical (unpaired) electrons. The molecule has 0 spiro atoms. The average Bonchev–Trinajstić information content (AvgIpc) is 2.35. The van der Waals surface area contributed by atoms with E-state index in [0.29, 0.717) is 0 Å². The van der Waals surface area contributed by atoms with Crippen LogP contribution in [0.25, 0.3) is 0 Å². The third-order valence-corrected chi connectivity index (χ3v) is 3.71. The molecule has 0 aromatic heterocycles. The van der Waals surface area contributed by atoms with Crippen LogP contribution in [0.5, 0.6) is 5.75 Å². The normalized spacial score (nSPS) is 10.6. The maximum Gasteiger partial charge on any atom is 0.133 e. The number of unbranched alkanes of at least 4 members (excludes halogenated alkanes) is 6. The van der Waals surface area contributed by atoms with Crippen LogP contribution in [0.4, 0.5) is 0 Å². The molecule has 1 nitrogen and oxygen atoms in total. The van der Waals surface area contributed by atoms with Gasteiger partial charge in [-0.3, -0.25) is 0 Å². The summed E-state index contributed by atoms with van der Waals surface area (Å²) in [4.78, 5) is 0. The molecule has 0 saturated heterocycles. The van der Waals surface area contributed by atoms with E-state index in [1.54, 1.807) is 0 Å². The molecule has 1 aromatic rings. The van der Waals surface area contributed by atoms with Crippen molar-refractivity contribution in [2.24, 2.45) is 0 Å². The van der Waals surface area contributed by atoms with Crippen molar-refractivity contribution in [1.82, 2.24) is 0 Å². The van der Waals surface area contributed by atoms with Crippen LogP contribution >= 0.6 is 15.9 Å². The summed E-state index contributed by atoms with van der Waals surface area (Å²) in [6, 6.07) is 6.23. The lowest BCUT2D eigenvalue weighted by atomic mass is 10.1. The van der Waals surface area contributed by atoms with E-state index in [1.165, 1.54) is 44.1 Å². The SMILES string of the molecule is CCCCCCCCCOc1ccc(C)cc1Br. The standard InChI is InChI=1S/C16H25BrO/c1-3-4-5-6-7-8-9-12-18-16-11-10-14(2)13-15(16)17/h10-11,13H,3-9,12H2,1-2H3.